The topological polar surface area (TPSA) is 38.0 Å². The van der Waals surface area contributed by atoms with E-state index in [4.69, 9.17) is 5.73 Å². The van der Waals surface area contributed by atoms with Gasteiger partial charge in [0, 0.05) is 12.6 Å². The van der Waals surface area contributed by atoms with Gasteiger partial charge in [0.2, 0.25) is 0 Å². The maximum atomic E-state index is 5.67. The molecule has 0 unspecified atom stereocenters. The minimum atomic E-state index is 0.519. The highest BCUT2D eigenvalue weighted by Crippen LogP contribution is 2.41. The summed E-state index contributed by atoms with van der Waals surface area (Å²) in [5.41, 5.74) is 6.18. The number of hydrogen-bond donors (Lipinski definition) is 2. The minimum Gasteiger partial charge on any atom is -0.330 e. The van der Waals surface area contributed by atoms with Crippen LogP contribution in [0.15, 0.2) is 0 Å². The van der Waals surface area contributed by atoms with Gasteiger partial charge in [-0.15, -0.1) is 0 Å². The quantitative estimate of drug-likeness (QED) is 0.522. The Hall–Kier alpha value is -0.0800. The predicted octanol–water partition coefficient (Wildman–Crippen LogP) is 0.0872. The lowest BCUT2D eigenvalue weighted by Crippen LogP contribution is -2.34. The standard InChI is InChI=1S/C7H14N2/c8-4-7-2-1-6(3-7)9-5-7/h6,9H,1-5,8H2/t6-,7+/m1/s1. The van der Waals surface area contributed by atoms with Crippen molar-refractivity contribution in [3.8, 4) is 0 Å². The van der Waals surface area contributed by atoms with Gasteiger partial charge in [0.05, 0.1) is 0 Å². The molecule has 0 aromatic heterocycles. The lowest BCUT2D eigenvalue weighted by atomic mass is 9.88. The van der Waals surface area contributed by atoms with E-state index < -0.39 is 0 Å². The zero-order chi connectivity index (χ0) is 6.32. The van der Waals surface area contributed by atoms with Crippen molar-refractivity contribution in [2.75, 3.05) is 13.1 Å². The van der Waals surface area contributed by atoms with Gasteiger partial charge in [-0.3, -0.25) is 0 Å². The molecule has 3 N–H and O–H groups in total. The van der Waals surface area contributed by atoms with E-state index in [2.05, 4.69) is 5.32 Å². The molecule has 2 aliphatic rings. The van der Waals surface area contributed by atoms with Crippen molar-refractivity contribution in [3.05, 3.63) is 0 Å². The van der Waals surface area contributed by atoms with Crippen LogP contribution in [-0.2, 0) is 0 Å². The van der Waals surface area contributed by atoms with E-state index in [9.17, 15) is 0 Å². The molecular formula is C7H14N2. The van der Waals surface area contributed by atoms with Crippen LogP contribution in [0.5, 0.6) is 0 Å². The van der Waals surface area contributed by atoms with E-state index in [1.165, 1.54) is 25.8 Å². The number of rotatable bonds is 1. The van der Waals surface area contributed by atoms with E-state index in [1.807, 2.05) is 0 Å². The third kappa shape index (κ3) is 0.700. The molecule has 1 saturated carbocycles. The monoisotopic (exact) mass is 126 g/mol. The molecule has 2 bridgehead atoms. The first-order chi connectivity index (χ1) is 4.35. The number of piperidine rings is 1. The van der Waals surface area contributed by atoms with Crippen molar-refractivity contribution in [3.63, 3.8) is 0 Å². The molecule has 1 aliphatic heterocycles. The molecule has 1 saturated heterocycles. The fraction of sp³-hybridized carbons (Fsp3) is 1.00. The first-order valence-electron chi connectivity index (χ1n) is 3.78. The van der Waals surface area contributed by atoms with Crippen LogP contribution in [0.3, 0.4) is 0 Å². The molecule has 2 rings (SSSR count). The highest BCUT2D eigenvalue weighted by atomic mass is 15.0. The van der Waals surface area contributed by atoms with Crippen LogP contribution >= 0.6 is 0 Å². The van der Waals surface area contributed by atoms with Gasteiger partial charge in [-0.1, -0.05) is 0 Å². The second-order valence-corrected chi connectivity index (χ2v) is 3.52. The van der Waals surface area contributed by atoms with Gasteiger partial charge in [0.25, 0.3) is 0 Å². The minimum absolute atomic E-state index is 0.519. The Labute approximate surface area is 55.8 Å². The van der Waals surface area contributed by atoms with Gasteiger partial charge < -0.3 is 11.1 Å². The van der Waals surface area contributed by atoms with Gasteiger partial charge in [-0.2, -0.15) is 0 Å². The van der Waals surface area contributed by atoms with Crippen LogP contribution in [-0.4, -0.2) is 19.1 Å². The maximum Gasteiger partial charge on any atom is 0.00737 e. The normalized spacial score (nSPS) is 48.3. The Balaban J connectivity index is 2.13. The second kappa shape index (κ2) is 1.70. The molecule has 1 heterocycles. The molecule has 2 fully saturated rings. The average molecular weight is 126 g/mol. The van der Waals surface area contributed by atoms with Crippen LogP contribution in [0.1, 0.15) is 19.3 Å². The number of nitrogens with one attached hydrogen (secondary N) is 1. The van der Waals surface area contributed by atoms with Crippen molar-refractivity contribution in [1.82, 2.24) is 5.32 Å². The van der Waals surface area contributed by atoms with Crippen molar-refractivity contribution >= 4 is 0 Å². The van der Waals surface area contributed by atoms with Crippen LogP contribution in [0.25, 0.3) is 0 Å². The summed E-state index contributed by atoms with van der Waals surface area (Å²) in [6.45, 7) is 2.06. The Morgan fingerprint density at radius 1 is 1.67 bits per heavy atom. The number of nitrogens with two attached hydrogens (primary N) is 1. The average Bonchev–Trinajstić information content (AvgIpc) is 2.46. The highest BCUT2D eigenvalue weighted by molar-refractivity contribution is 5.00. The fourth-order valence-electron chi connectivity index (χ4n) is 2.16. The highest BCUT2D eigenvalue weighted by Gasteiger charge is 2.43. The predicted molar refractivity (Wildman–Crippen MR) is 37.1 cm³/mol. The number of fused-ring (bicyclic) bond motifs is 2. The summed E-state index contributed by atoms with van der Waals surface area (Å²) >= 11 is 0. The van der Waals surface area contributed by atoms with Gasteiger partial charge in [-0.25, -0.2) is 0 Å². The molecule has 52 valence electrons. The molecule has 2 atom stereocenters. The third-order valence-corrected chi connectivity index (χ3v) is 2.90. The van der Waals surface area contributed by atoms with Gasteiger partial charge in [-0.05, 0) is 31.2 Å². The van der Waals surface area contributed by atoms with Crippen molar-refractivity contribution in [2.24, 2.45) is 11.1 Å². The lowest BCUT2D eigenvalue weighted by Gasteiger charge is -2.23. The molecule has 0 spiro atoms. The largest absolute Gasteiger partial charge is 0.330 e. The summed E-state index contributed by atoms with van der Waals surface area (Å²) in [5.74, 6) is 0. The summed E-state index contributed by atoms with van der Waals surface area (Å²) in [6.07, 6.45) is 4.06. The van der Waals surface area contributed by atoms with Gasteiger partial charge in [0.1, 0.15) is 0 Å². The maximum absolute atomic E-state index is 5.67. The van der Waals surface area contributed by atoms with Crippen LogP contribution in [0, 0.1) is 5.41 Å². The van der Waals surface area contributed by atoms with E-state index in [-0.39, 0.29) is 0 Å². The molecular weight excluding hydrogens is 112 g/mol. The van der Waals surface area contributed by atoms with Gasteiger partial charge in [0.15, 0.2) is 0 Å². The summed E-state index contributed by atoms with van der Waals surface area (Å²) in [7, 11) is 0. The summed E-state index contributed by atoms with van der Waals surface area (Å²) in [4.78, 5) is 0. The zero-order valence-corrected chi connectivity index (χ0v) is 5.69. The molecule has 0 aromatic rings. The van der Waals surface area contributed by atoms with E-state index in [0.29, 0.717) is 5.41 Å². The van der Waals surface area contributed by atoms with Crippen LogP contribution in [0.4, 0.5) is 0 Å². The first kappa shape index (κ1) is 5.69. The van der Waals surface area contributed by atoms with E-state index in [0.717, 1.165) is 12.6 Å². The third-order valence-electron chi connectivity index (χ3n) is 2.90. The van der Waals surface area contributed by atoms with E-state index in [1.54, 1.807) is 0 Å². The fourth-order valence-corrected chi connectivity index (χ4v) is 2.16. The van der Waals surface area contributed by atoms with Gasteiger partial charge >= 0.3 is 0 Å². The second-order valence-electron chi connectivity index (χ2n) is 3.52. The molecule has 2 heteroatoms. The Morgan fingerprint density at radius 2 is 2.56 bits per heavy atom. The molecule has 0 amide bonds. The summed E-state index contributed by atoms with van der Waals surface area (Å²) in [5, 5.41) is 3.47. The number of hydrogen-bond acceptors (Lipinski definition) is 2. The Kier molecular flexibility index (Phi) is 1.08. The lowest BCUT2D eigenvalue weighted by molar-refractivity contribution is 0.326. The summed E-state index contributed by atoms with van der Waals surface area (Å²) in [6, 6.07) is 0.813. The molecule has 0 aromatic carbocycles. The van der Waals surface area contributed by atoms with Crippen LogP contribution < -0.4 is 11.1 Å². The molecule has 2 nitrogen and oxygen atoms in total. The molecule has 0 radical (unpaired) electrons. The first-order valence-corrected chi connectivity index (χ1v) is 3.78. The van der Waals surface area contributed by atoms with Crippen molar-refractivity contribution < 1.29 is 0 Å². The Bertz CT molecular complexity index is 114. The van der Waals surface area contributed by atoms with Crippen molar-refractivity contribution in [1.29, 1.82) is 0 Å². The van der Waals surface area contributed by atoms with Crippen LogP contribution in [0.2, 0.25) is 0 Å². The Morgan fingerprint density at radius 3 is 2.78 bits per heavy atom. The van der Waals surface area contributed by atoms with Crippen molar-refractivity contribution in [2.45, 2.75) is 25.3 Å². The molecule has 1 aliphatic carbocycles. The van der Waals surface area contributed by atoms with E-state index >= 15 is 0 Å². The molecule has 9 heavy (non-hydrogen) atoms. The summed E-state index contributed by atoms with van der Waals surface area (Å²) < 4.78 is 0. The smallest absolute Gasteiger partial charge is 0.00737 e. The SMILES string of the molecule is NC[C@]12CC[C@H](C1)NC2. The zero-order valence-electron chi connectivity index (χ0n) is 5.69.